The molecule has 2 N–H and O–H groups in total. The summed E-state index contributed by atoms with van der Waals surface area (Å²) in [6.45, 7) is 0.0945. The van der Waals surface area contributed by atoms with Crippen LogP contribution in [0.3, 0.4) is 0 Å². The highest BCUT2D eigenvalue weighted by atomic mass is 35.5. The number of nitrogens with one attached hydrogen (secondary N) is 2. The first-order valence-electron chi connectivity index (χ1n) is 8.30. The molecule has 1 fully saturated rings. The zero-order valence-electron chi connectivity index (χ0n) is 15.4. The van der Waals surface area contributed by atoms with Gasteiger partial charge in [0, 0.05) is 25.8 Å². The number of benzene rings is 1. The van der Waals surface area contributed by atoms with Crippen molar-refractivity contribution in [3.8, 4) is 0 Å². The number of halogens is 1. The van der Waals surface area contributed by atoms with Crippen LogP contribution in [0, 0.1) is 0 Å². The number of methoxy groups -OCH3 is 2. The highest BCUT2D eigenvalue weighted by Gasteiger charge is 2.36. The number of carbonyl (C=O) groups is 2. The first-order valence-corrected chi connectivity index (χ1v) is 10.1. The lowest BCUT2D eigenvalue weighted by Crippen LogP contribution is -2.48. The molecule has 1 atom stereocenters. The summed E-state index contributed by atoms with van der Waals surface area (Å²) in [5.41, 5.74) is 0. The lowest BCUT2D eigenvalue weighted by Gasteiger charge is -2.23. The highest BCUT2D eigenvalue weighted by molar-refractivity contribution is 7.89. The minimum atomic E-state index is -3.84. The second kappa shape index (κ2) is 10.1. The number of amides is 2. The van der Waals surface area contributed by atoms with Gasteiger partial charge in [0.05, 0.1) is 24.6 Å². The molecule has 0 radical (unpaired) electrons. The Kier molecular flexibility index (Phi) is 8.16. The van der Waals surface area contributed by atoms with Gasteiger partial charge >= 0.3 is 11.8 Å². The van der Waals surface area contributed by atoms with Crippen LogP contribution in [-0.2, 0) is 33.8 Å². The topological polar surface area (TPSA) is 123 Å². The maximum atomic E-state index is 12.8. The smallest absolute Gasteiger partial charge is 0.309 e. The Morgan fingerprint density at radius 2 is 1.82 bits per heavy atom. The summed E-state index contributed by atoms with van der Waals surface area (Å²) >= 11 is 5.79. The van der Waals surface area contributed by atoms with Gasteiger partial charge in [0.25, 0.3) is 0 Å². The van der Waals surface area contributed by atoms with E-state index in [0.717, 1.165) is 4.31 Å². The van der Waals surface area contributed by atoms with Gasteiger partial charge in [-0.1, -0.05) is 11.6 Å². The number of nitrogens with zero attached hydrogens (tertiary/aromatic N) is 1. The summed E-state index contributed by atoms with van der Waals surface area (Å²) in [6.07, 6.45) is -1.61. The fourth-order valence-electron chi connectivity index (χ4n) is 2.46. The zero-order valence-corrected chi connectivity index (χ0v) is 17.0. The van der Waals surface area contributed by atoms with Crippen LogP contribution in [0.2, 0.25) is 5.02 Å². The van der Waals surface area contributed by atoms with Crippen LogP contribution < -0.4 is 10.6 Å². The summed E-state index contributed by atoms with van der Waals surface area (Å²) in [4.78, 5) is 23.8. The summed E-state index contributed by atoms with van der Waals surface area (Å²) < 4.78 is 41.8. The Hall–Kier alpha value is -1.76. The summed E-state index contributed by atoms with van der Waals surface area (Å²) in [5, 5.41) is 5.12. The molecule has 0 saturated carbocycles. The van der Waals surface area contributed by atoms with E-state index in [1.807, 2.05) is 0 Å². The van der Waals surface area contributed by atoms with Gasteiger partial charge in [0.1, 0.15) is 6.23 Å². The van der Waals surface area contributed by atoms with Crippen LogP contribution in [0.5, 0.6) is 0 Å². The molecule has 28 heavy (non-hydrogen) atoms. The predicted octanol–water partition coefficient (Wildman–Crippen LogP) is -0.462. The molecule has 10 nitrogen and oxygen atoms in total. The maximum absolute atomic E-state index is 12.8. The van der Waals surface area contributed by atoms with Gasteiger partial charge in [0.2, 0.25) is 10.0 Å². The molecule has 1 saturated heterocycles. The maximum Gasteiger partial charge on any atom is 0.309 e. The van der Waals surface area contributed by atoms with Crippen molar-refractivity contribution in [2.45, 2.75) is 17.4 Å². The van der Waals surface area contributed by atoms with Crippen molar-refractivity contribution in [1.29, 1.82) is 0 Å². The third-order valence-electron chi connectivity index (χ3n) is 3.96. The van der Waals surface area contributed by atoms with Crippen molar-refractivity contribution in [3.63, 3.8) is 0 Å². The van der Waals surface area contributed by atoms with E-state index in [4.69, 9.17) is 25.8 Å². The SMILES string of the molecule is COC(CNC(=O)C(=O)NC[C@@H]1OCCN1S(=O)(=O)c1ccc(Cl)cc1)OC. The van der Waals surface area contributed by atoms with Gasteiger partial charge in [-0.05, 0) is 24.3 Å². The molecule has 0 bridgehead atoms. The molecule has 2 amide bonds. The quantitative estimate of drug-likeness (QED) is 0.418. The zero-order chi connectivity index (χ0) is 20.7. The number of hydrogen-bond acceptors (Lipinski definition) is 7. The molecule has 0 aromatic heterocycles. The minimum Gasteiger partial charge on any atom is -0.359 e. The number of carbonyl (C=O) groups excluding carboxylic acids is 2. The van der Waals surface area contributed by atoms with E-state index in [2.05, 4.69) is 10.6 Å². The minimum absolute atomic E-state index is 0.0176. The van der Waals surface area contributed by atoms with E-state index in [-0.39, 0.29) is 31.1 Å². The first-order chi connectivity index (χ1) is 13.3. The lowest BCUT2D eigenvalue weighted by atomic mass is 10.4. The standard InChI is InChI=1S/C16H22ClN3O7S/c1-25-14(26-2)10-19-16(22)15(21)18-9-13-20(7-8-27-13)28(23,24)12-5-3-11(17)4-6-12/h3-6,13-14H,7-10H2,1-2H3,(H,18,21)(H,19,22)/t13-/m0/s1. The Labute approximate surface area is 168 Å². The van der Waals surface area contributed by atoms with Crippen molar-refractivity contribution in [1.82, 2.24) is 14.9 Å². The van der Waals surface area contributed by atoms with Gasteiger partial charge < -0.3 is 24.8 Å². The van der Waals surface area contributed by atoms with E-state index in [9.17, 15) is 18.0 Å². The third kappa shape index (κ3) is 5.63. The van der Waals surface area contributed by atoms with Gasteiger partial charge in [-0.15, -0.1) is 0 Å². The van der Waals surface area contributed by atoms with Crippen LogP contribution in [-0.4, -0.2) is 77.5 Å². The second-order valence-electron chi connectivity index (χ2n) is 5.72. The van der Waals surface area contributed by atoms with Crippen molar-refractivity contribution in [2.75, 3.05) is 40.5 Å². The summed E-state index contributed by atoms with van der Waals surface area (Å²) in [5.74, 6) is -1.82. The van der Waals surface area contributed by atoms with Crippen LogP contribution >= 0.6 is 11.6 Å². The molecule has 1 aliphatic heterocycles. The van der Waals surface area contributed by atoms with Crippen molar-refractivity contribution in [3.05, 3.63) is 29.3 Å². The third-order valence-corrected chi connectivity index (χ3v) is 6.12. The van der Waals surface area contributed by atoms with Gasteiger partial charge in [-0.2, -0.15) is 4.31 Å². The van der Waals surface area contributed by atoms with Crippen molar-refractivity contribution in [2.24, 2.45) is 0 Å². The number of ether oxygens (including phenoxy) is 3. The monoisotopic (exact) mass is 435 g/mol. The van der Waals surface area contributed by atoms with E-state index in [1.165, 1.54) is 38.5 Å². The molecule has 156 valence electrons. The largest absolute Gasteiger partial charge is 0.359 e. The Morgan fingerprint density at radius 3 is 2.43 bits per heavy atom. The second-order valence-corrected chi connectivity index (χ2v) is 8.04. The molecule has 1 aliphatic rings. The molecule has 12 heteroatoms. The molecule has 0 spiro atoms. The van der Waals surface area contributed by atoms with E-state index < -0.39 is 34.4 Å². The molecule has 0 aliphatic carbocycles. The summed E-state index contributed by atoms with van der Waals surface area (Å²) in [6, 6.07) is 5.72. The van der Waals surface area contributed by atoms with E-state index in [0.29, 0.717) is 5.02 Å². The van der Waals surface area contributed by atoms with E-state index in [1.54, 1.807) is 0 Å². The first kappa shape index (κ1) is 22.5. The summed E-state index contributed by atoms with van der Waals surface area (Å²) in [7, 11) is -1.04. The fourth-order valence-corrected chi connectivity index (χ4v) is 4.10. The van der Waals surface area contributed by atoms with Gasteiger partial charge in [0.15, 0.2) is 6.29 Å². The Balaban J connectivity index is 1.93. The average Bonchev–Trinajstić information content (AvgIpc) is 3.16. The predicted molar refractivity (Wildman–Crippen MR) is 98.9 cm³/mol. The van der Waals surface area contributed by atoms with Crippen molar-refractivity contribution >= 4 is 33.4 Å². The number of hydrogen-bond donors (Lipinski definition) is 2. The van der Waals surface area contributed by atoms with Crippen molar-refractivity contribution < 1.29 is 32.2 Å². The van der Waals surface area contributed by atoms with Gasteiger partial charge in [-0.25, -0.2) is 8.42 Å². The van der Waals surface area contributed by atoms with E-state index >= 15 is 0 Å². The average molecular weight is 436 g/mol. The molecular formula is C16H22ClN3O7S. The number of sulfonamides is 1. The Bertz CT molecular complexity index is 784. The van der Waals surface area contributed by atoms with Crippen LogP contribution in [0.4, 0.5) is 0 Å². The van der Waals surface area contributed by atoms with Crippen LogP contribution in [0.1, 0.15) is 0 Å². The highest BCUT2D eigenvalue weighted by Crippen LogP contribution is 2.23. The normalized spacial score (nSPS) is 17.6. The van der Waals surface area contributed by atoms with Crippen LogP contribution in [0.25, 0.3) is 0 Å². The molecule has 1 aromatic carbocycles. The van der Waals surface area contributed by atoms with Gasteiger partial charge in [-0.3, -0.25) is 9.59 Å². The molecule has 0 unspecified atom stereocenters. The van der Waals surface area contributed by atoms with Crippen LogP contribution in [0.15, 0.2) is 29.2 Å². The fraction of sp³-hybridized carbons (Fsp3) is 0.500. The molecule has 1 aromatic rings. The lowest BCUT2D eigenvalue weighted by molar-refractivity contribution is -0.142. The molecule has 2 rings (SSSR count). The molecular weight excluding hydrogens is 414 g/mol. The number of rotatable bonds is 8. The Morgan fingerprint density at radius 1 is 1.21 bits per heavy atom. The molecule has 1 heterocycles.